The summed E-state index contributed by atoms with van der Waals surface area (Å²) in [4.78, 5) is 20.7. The van der Waals surface area contributed by atoms with Gasteiger partial charge < -0.3 is 10.2 Å². The SMILES string of the molecule is CC(=O)Cc1cc(O)c(O)cc1[N+](=O)[O-]. The van der Waals surface area contributed by atoms with E-state index in [1.165, 1.54) is 6.92 Å². The fraction of sp³-hybridized carbons (Fsp3) is 0.222. The molecular weight excluding hydrogens is 202 g/mol. The number of phenols is 2. The number of nitro groups is 1. The number of nitrogens with zero attached hydrogens (tertiary/aromatic N) is 1. The number of Topliss-reactive ketones (excluding diaryl/α,β-unsaturated/α-hetero) is 1. The van der Waals surface area contributed by atoms with Crippen LogP contribution in [0.1, 0.15) is 12.5 Å². The van der Waals surface area contributed by atoms with Crippen LogP contribution in [0.4, 0.5) is 5.69 Å². The lowest BCUT2D eigenvalue weighted by Gasteiger charge is -2.03. The lowest BCUT2D eigenvalue weighted by Crippen LogP contribution is -2.01. The lowest BCUT2D eigenvalue weighted by molar-refractivity contribution is -0.385. The van der Waals surface area contributed by atoms with Crippen molar-refractivity contribution in [2.45, 2.75) is 13.3 Å². The fourth-order valence-corrected chi connectivity index (χ4v) is 1.19. The molecule has 1 aromatic carbocycles. The molecule has 0 heterocycles. The number of benzene rings is 1. The second kappa shape index (κ2) is 3.95. The Morgan fingerprint density at radius 3 is 2.40 bits per heavy atom. The van der Waals surface area contributed by atoms with E-state index in [9.17, 15) is 14.9 Å². The molecule has 6 heteroatoms. The number of nitro benzene ring substituents is 1. The van der Waals surface area contributed by atoms with Crippen LogP contribution in [0.3, 0.4) is 0 Å². The van der Waals surface area contributed by atoms with Crippen LogP contribution in [-0.4, -0.2) is 20.9 Å². The normalized spacial score (nSPS) is 9.93. The molecule has 0 saturated heterocycles. The van der Waals surface area contributed by atoms with Gasteiger partial charge in [0.2, 0.25) is 0 Å². The third-order valence-corrected chi connectivity index (χ3v) is 1.81. The quantitative estimate of drug-likeness (QED) is 0.443. The minimum absolute atomic E-state index is 0.0859. The molecule has 0 atom stereocenters. The molecule has 1 aromatic rings. The maximum absolute atomic E-state index is 10.8. The van der Waals surface area contributed by atoms with Crippen LogP contribution in [-0.2, 0) is 11.2 Å². The van der Waals surface area contributed by atoms with Crippen molar-refractivity contribution in [2.75, 3.05) is 0 Å². The summed E-state index contributed by atoms with van der Waals surface area (Å²) in [6.07, 6.45) is -0.149. The Kier molecular flexibility index (Phi) is 2.89. The zero-order valence-electron chi connectivity index (χ0n) is 7.93. The molecule has 0 aliphatic rings. The van der Waals surface area contributed by atoms with E-state index < -0.39 is 16.4 Å². The monoisotopic (exact) mass is 211 g/mol. The Morgan fingerprint density at radius 2 is 1.93 bits per heavy atom. The van der Waals surface area contributed by atoms with E-state index >= 15 is 0 Å². The van der Waals surface area contributed by atoms with Crippen molar-refractivity contribution in [2.24, 2.45) is 0 Å². The number of hydrogen-bond acceptors (Lipinski definition) is 5. The van der Waals surface area contributed by atoms with Crippen molar-refractivity contribution in [3.05, 3.63) is 27.8 Å². The van der Waals surface area contributed by atoms with Gasteiger partial charge in [-0.2, -0.15) is 0 Å². The molecule has 1 rings (SSSR count). The number of rotatable bonds is 3. The Hall–Kier alpha value is -2.11. The first-order valence-corrected chi connectivity index (χ1v) is 4.10. The van der Waals surface area contributed by atoms with Crippen LogP contribution >= 0.6 is 0 Å². The number of carbonyl (C=O) groups excluding carboxylic acids is 1. The number of aromatic hydroxyl groups is 2. The van der Waals surface area contributed by atoms with Gasteiger partial charge in [0.05, 0.1) is 11.0 Å². The second-order valence-electron chi connectivity index (χ2n) is 3.11. The molecule has 0 amide bonds. The van der Waals surface area contributed by atoms with Gasteiger partial charge in [-0.25, -0.2) is 0 Å². The molecule has 80 valence electrons. The molecule has 6 nitrogen and oxygen atoms in total. The molecule has 0 radical (unpaired) electrons. The Bertz CT molecular complexity index is 427. The van der Waals surface area contributed by atoms with Crippen molar-refractivity contribution in [3.8, 4) is 11.5 Å². The summed E-state index contributed by atoms with van der Waals surface area (Å²) in [5, 5.41) is 28.8. The Labute approximate surface area is 84.9 Å². The second-order valence-corrected chi connectivity index (χ2v) is 3.11. The Morgan fingerprint density at radius 1 is 1.40 bits per heavy atom. The van der Waals surface area contributed by atoms with Gasteiger partial charge in [-0.1, -0.05) is 0 Å². The van der Waals surface area contributed by atoms with Crippen molar-refractivity contribution in [3.63, 3.8) is 0 Å². The topological polar surface area (TPSA) is 101 Å². The summed E-state index contributed by atoms with van der Waals surface area (Å²) in [6, 6.07) is 1.85. The molecule has 2 N–H and O–H groups in total. The summed E-state index contributed by atoms with van der Waals surface area (Å²) < 4.78 is 0. The van der Waals surface area contributed by atoms with E-state index in [-0.39, 0.29) is 23.5 Å². The summed E-state index contributed by atoms with van der Waals surface area (Å²) in [7, 11) is 0. The number of phenolic OH excluding ortho intramolecular Hbond substituents is 2. The standard InChI is InChI=1S/C9H9NO5/c1-5(11)2-6-3-8(12)9(13)4-7(6)10(14)15/h3-4,12-13H,2H2,1H3. The van der Waals surface area contributed by atoms with Gasteiger partial charge in [-0.15, -0.1) is 0 Å². The van der Waals surface area contributed by atoms with Crippen molar-refractivity contribution in [1.82, 2.24) is 0 Å². The fourth-order valence-electron chi connectivity index (χ4n) is 1.19. The zero-order chi connectivity index (χ0) is 11.6. The number of hydrogen-bond donors (Lipinski definition) is 2. The molecule has 0 aliphatic heterocycles. The van der Waals surface area contributed by atoms with Crippen LogP contribution in [0.15, 0.2) is 12.1 Å². The summed E-state index contributed by atoms with van der Waals surface area (Å²) in [6.45, 7) is 1.29. The van der Waals surface area contributed by atoms with Crippen LogP contribution in [0.2, 0.25) is 0 Å². The van der Waals surface area contributed by atoms with Crippen LogP contribution in [0.5, 0.6) is 11.5 Å². The van der Waals surface area contributed by atoms with E-state index in [2.05, 4.69) is 0 Å². The smallest absolute Gasteiger partial charge is 0.277 e. The average molecular weight is 211 g/mol. The molecule has 0 spiro atoms. The minimum atomic E-state index is -0.711. The lowest BCUT2D eigenvalue weighted by atomic mass is 10.1. The predicted molar refractivity (Wildman–Crippen MR) is 50.8 cm³/mol. The molecule has 15 heavy (non-hydrogen) atoms. The van der Waals surface area contributed by atoms with Gasteiger partial charge in [0.1, 0.15) is 5.78 Å². The van der Waals surface area contributed by atoms with Gasteiger partial charge in [-0.05, 0) is 13.0 Å². The van der Waals surface area contributed by atoms with Gasteiger partial charge in [0.25, 0.3) is 5.69 Å². The largest absolute Gasteiger partial charge is 0.504 e. The van der Waals surface area contributed by atoms with Crippen LogP contribution < -0.4 is 0 Å². The van der Waals surface area contributed by atoms with Crippen molar-refractivity contribution in [1.29, 1.82) is 0 Å². The maximum atomic E-state index is 10.8. The first-order valence-electron chi connectivity index (χ1n) is 4.10. The first kappa shape index (κ1) is 11.0. The molecule has 0 aliphatic carbocycles. The zero-order valence-corrected chi connectivity index (χ0v) is 7.93. The third kappa shape index (κ3) is 2.43. The van der Waals surface area contributed by atoms with E-state index in [0.717, 1.165) is 12.1 Å². The van der Waals surface area contributed by atoms with Gasteiger partial charge >= 0.3 is 0 Å². The molecule has 0 saturated carbocycles. The highest BCUT2D eigenvalue weighted by molar-refractivity contribution is 5.79. The summed E-state index contributed by atoms with van der Waals surface area (Å²) >= 11 is 0. The van der Waals surface area contributed by atoms with Crippen LogP contribution in [0.25, 0.3) is 0 Å². The van der Waals surface area contributed by atoms with Crippen molar-refractivity contribution >= 4 is 11.5 Å². The van der Waals surface area contributed by atoms with Crippen LogP contribution in [0, 0.1) is 10.1 Å². The summed E-state index contributed by atoms with van der Waals surface area (Å²) in [5.74, 6) is -1.31. The van der Waals surface area contributed by atoms with E-state index in [1.807, 2.05) is 0 Å². The molecule has 0 fully saturated rings. The minimum Gasteiger partial charge on any atom is -0.504 e. The maximum Gasteiger partial charge on any atom is 0.277 e. The molecule has 0 bridgehead atoms. The third-order valence-electron chi connectivity index (χ3n) is 1.81. The van der Waals surface area contributed by atoms with Crippen molar-refractivity contribution < 1.29 is 19.9 Å². The average Bonchev–Trinajstić information content (AvgIpc) is 2.09. The molecular formula is C9H9NO5. The highest BCUT2D eigenvalue weighted by Gasteiger charge is 2.18. The number of carbonyl (C=O) groups is 1. The Balaban J connectivity index is 3.28. The van der Waals surface area contributed by atoms with Gasteiger partial charge in [0.15, 0.2) is 11.5 Å². The highest BCUT2D eigenvalue weighted by atomic mass is 16.6. The molecule has 0 aromatic heterocycles. The predicted octanol–water partition coefficient (Wildman–Crippen LogP) is 1.14. The van der Waals surface area contributed by atoms with E-state index in [1.54, 1.807) is 0 Å². The highest BCUT2D eigenvalue weighted by Crippen LogP contribution is 2.32. The molecule has 0 unspecified atom stereocenters. The van der Waals surface area contributed by atoms with Gasteiger partial charge in [-0.3, -0.25) is 14.9 Å². The van der Waals surface area contributed by atoms with E-state index in [0.29, 0.717) is 0 Å². The summed E-state index contributed by atoms with van der Waals surface area (Å²) in [5.41, 5.74) is -0.289. The van der Waals surface area contributed by atoms with Gasteiger partial charge in [0, 0.05) is 12.0 Å². The number of ketones is 1. The first-order chi connectivity index (χ1) is 6.91. The van der Waals surface area contributed by atoms with E-state index in [4.69, 9.17) is 10.2 Å².